The van der Waals surface area contributed by atoms with E-state index < -0.39 is 12.0 Å². The Hall–Kier alpha value is -1.79. The molecule has 0 aromatic heterocycles. The summed E-state index contributed by atoms with van der Waals surface area (Å²) in [6.45, 7) is 11.6. The average Bonchev–Trinajstić information content (AvgIpc) is 3.00. The number of hydrogen-bond acceptors (Lipinski definition) is 4. The largest absolute Gasteiger partial charge is 0.324 e. The molecule has 3 atom stereocenters. The lowest BCUT2D eigenvalue weighted by molar-refractivity contribution is 0.241. The van der Waals surface area contributed by atoms with Gasteiger partial charge in [0.05, 0.1) is 12.4 Å². The summed E-state index contributed by atoms with van der Waals surface area (Å²) >= 11 is 0. The van der Waals surface area contributed by atoms with Gasteiger partial charge in [0.25, 0.3) is 0 Å². The minimum Gasteiger partial charge on any atom is -0.324 e. The number of alkyl halides is 1. The zero-order valence-electron chi connectivity index (χ0n) is 17.0. The van der Waals surface area contributed by atoms with Gasteiger partial charge in [-0.15, -0.1) is 0 Å². The summed E-state index contributed by atoms with van der Waals surface area (Å²) in [5, 5.41) is 1.97. The second kappa shape index (κ2) is 11.8. The first-order valence-electron chi connectivity index (χ1n) is 9.61. The molecule has 6 heteroatoms. The van der Waals surface area contributed by atoms with Gasteiger partial charge in [-0.3, -0.25) is 5.01 Å². The Morgan fingerprint density at radius 1 is 1.41 bits per heavy atom. The molecule has 1 aliphatic heterocycles. The van der Waals surface area contributed by atoms with Crippen molar-refractivity contribution in [2.24, 2.45) is 10.7 Å². The highest BCUT2D eigenvalue weighted by atomic mass is 19.1. The van der Waals surface area contributed by atoms with Gasteiger partial charge in [0.1, 0.15) is 12.0 Å². The maximum atomic E-state index is 14.2. The molecule has 0 aliphatic carbocycles. The predicted molar refractivity (Wildman–Crippen MR) is 111 cm³/mol. The van der Waals surface area contributed by atoms with Crippen molar-refractivity contribution in [2.45, 2.75) is 71.6 Å². The van der Waals surface area contributed by atoms with E-state index in [1.807, 2.05) is 31.0 Å². The molecule has 0 amide bonds. The highest BCUT2D eigenvalue weighted by Crippen LogP contribution is 2.22. The van der Waals surface area contributed by atoms with Crippen LogP contribution in [-0.4, -0.2) is 35.5 Å². The molecule has 1 rings (SSSR count). The number of rotatable bonds is 11. The molecule has 27 heavy (non-hydrogen) atoms. The number of nitrogens with zero attached hydrogens (tertiary/aromatic N) is 2. The van der Waals surface area contributed by atoms with E-state index in [9.17, 15) is 8.78 Å². The average molecular weight is 381 g/mol. The van der Waals surface area contributed by atoms with Gasteiger partial charge in [-0.05, 0) is 45.3 Å². The SMILES string of the molecule is C=C(F)CC(F)/C(=C\C)C[C@@H](C)NN1CC(C/C=C\C(N)CC)=N/C1=C\C. The van der Waals surface area contributed by atoms with Crippen molar-refractivity contribution in [3.63, 3.8) is 0 Å². The van der Waals surface area contributed by atoms with Crippen molar-refractivity contribution in [3.8, 4) is 0 Å². The van der Waals surface area contributed by atoms with Crippen molar-refractivity contribution in [1.29, 1.82) is 0 Å². The van der Waals surface area contributed by atoms with E-state index in [1.54, 1.807) is 13.0 Å². The molecule has 0 fully saturated rings. The van der Waals surface area contributed by atoms with Gasteiger partial charge in [0, 0.05) is 30.6 Å². The standard InChI is InChI=1S/C21H34F2N4/c1-6-17(20(23)12-15(4)22)13-16(5)26-27-14-19(25-21(27)8-3)11-9-10-18(24)7-2/h6,8-10,16,18,20,26H,4,7,11-14,24H2,1-3,5H3/b10-9-,17-6-,21-8+/t16-,18?,20?/m1/s1. The van der Waals surface area contributed by atoms with E-state index in [2.05, 4.69) is 30.0 Å². The molecule has 0 saturated carbocycles. The fourth-order valence-electron chi connectivity index (χ4n) is 2.90. The third-order valence-corrected chi connectivity index (χ3v) is 4.45. The molecule has 1 heterocycles. The number of allylic oxidation sites excluding steroid dienone is 4. The zero-order valence-corrected chi connectivity index (χ0v) is 17.0. The van der Waals surface area contributed by atoms with E-state index in [-0.39, 0.29) is 18.5 Å². The molecule has 3 N–H and O–H groups in total. The Morgan fingerprint density at radius 3 is 2.67 bits per heavy atom. The highest BCUT2D eigenvalue weighted by Gasteiger charge is 2.22. The van der Waals surface area contributed by atoms with Crippen LogP contribution >= 0.6 is 0 Å². The van der Waals surface area contributed by atoms with Gasteiger partial charge < -0.3 is 5.73 Å². The lowest BCUT2D eigenvalue weighted by atomic mass is 10.0. The van der Waals surface area contributed by atoms with Crippen LogP contribution in [0.5, 0.6) is 0 Å². The Labute approximate surface area is 162 Å². The van der Waals surface area contributed by atoms with E-state index >= 15 is 0 Å². The van der Waals surface area contributed by atoms with Crippen molar-refractivity contribution < 1.29 is 8.78 Å². The maximum absolute atomic E-state index is 14.2. The van der Waals surface area contributed by atoms with Gasteiger partial charge >= 0.3 is 0 Å². The van der Waals surface area contributed by atoms with Crippen LogP contribution in [0.1, 0.15) is 53.4 Å². The Morgan fingerprint density at radius 2 is 2.11 bits per heavy atom. The summed E-state index contributed by atoms with van der Waals surface area (Å²) in [5.74, 6) is 0.216. The number of hydrogen-bond donors (Lipinski definition) is 2. The molecule has 0 spiro atoms. The summed E-state index contributed by atoms with van der Waals surface area (Å²) in [6, 6.07) is 0.0617. The first-order valence-corrected chi connectivity index (χ1v) is 9.61. The number of nitrogens with two attached hydrogens (primary N) is 1. The van der Waals surface area contributed by atoms with Crippen LogP contribution < -0.4 is 11.2 Å². The van der Waals surface area contributed by atoms with Crippen LogP contribution in [0.3, 0.4) is 0 Å². The normalized spacial score (nSPS) is 20.3. The minimum absolute atomic E-state index is 0.0177. The molecule has 2 unspecified atom stereocenters. The van der Waals surface area contributed by atoms with Gasteiger partial charge in [-0.2, -0.15) is 0 Å². The Balaban J connectivity index is 2.60. The fraction of sp³-hybridized carbons (Fsp3) is 0.571. The van der Waals surface area contributed by atoms with E-state index in [0.29, 0.717) is 18.5 Å². The molecule has 0 aromatic carbocycles. The van der Waals surface area contributed by atoms with Crippen molar-refractivity contribution >= 4 is 5.71 Å². The van der Waals surface area contributed by atoms with Crippen molar-refractivity contribution in [3.05, 3.63) is 48.1 Å². The minimum atomic E-state index is -1.34. The summed E-state index contributed by atoms with van der Waals surface area (Å²) in [4.78, 5) is 4.64. The Kier molecular flexibility index (Phi) is 10.2. The molecule has 152 valence electrons. The third kappa shape index (κ3) is 8.18. The van der Waals surface area contributed by atoms with E-state index in [0.717, 1.165) is 24.4 Å². The van der Waals surface area contributed by atoms with Crippen LogP contribution in [0.4, 0.5) is 8.78 Å². The molecule has 0 aromatic rings. The fourth-order valence-corrected chi connectivity index (χ4v) is 2.90. The smallest absolute Gasteiger partial charge is 0.138 e. The number of halogens is 2. The van der Waals surface area contributed by atoms with Gasteiger partial charge in [0.15, 0.2) is 0 Å². The maximum Gasteiger partial charge on any atom is 0.138 e. The molecular weight excluding hydrogens is 346 g/mol. The summed E-state index contributed by atoms with van der Waals surface area (Å²) < 4.78 is 27.1. The Bertz CT molecular complexity index is 607. The topological polar surface area (TPSA) is 53.6 Å². The molecule has 0 radical (unpaired) electrons. The monoisotopic (exact) mass is 380 g/mol. The van der Waals surface area contributed by atoms with Crippen molar-refractivity contribution in [2.75, 3.05) is 6.54 Å². The van der Waals surface area contributed by atoms with E-state index in [4.69, 9.17) is 5.73 Å². The highest BCUT2D eigenvalue weighted by molar-refractivity contribution is 5.90. The molecule has 4 nitrogen and oxygen atoms in total. The second-order valence-electron chi connectivity index (χ2n) is 6.90. The lowest BCUT2D eigenvalue weighted by Crippen LogP contribution is -2.42. The van der Waals surface area contributed by atoms with Crippen LogP contribution in [0.2, 0.25) is 0 Å². The number of nitrogens with one attached hydrogen (secondary N) is 1. The molecule has 0 saturated heterocycles. The van der Waals surface area contributed by atoms with Gasteiger partial charge in [0.2, 0.25) is 0 Å². The van der Waals surface area contributed by atoms with Gasteiger partial charge in [-0.25, -0.2) is 19.2 Å². The summed E-state index contributed by atoms with van der Waals surface area (Å²) in [5.41, 5.74) is 10.9. The lowest BCUT2D eigenvalue weighted by Gasteiger charge is -2.26. The van der Waals surface area contributed by atoms with E-state index in [1.165, 1.54) is 0 Å². The number of hydrazine groups is 1. The number of aliphatic imine (C=N–C) groups is 1. The van der Waals surface area contributed by atoms with Gasteiger partial charge in [-0.1, -0.05) is 31.7 Å². The van der Waals surface area contributed by atoms with Crippen molar-refractivity contribution in [1.82, 2.24) is 10.4 Å². The van der Waals surface area contributed by atoms with Crippen LogP contribution in [-0.2, 0) is 0 Å². The quantitative estimate of drug-likeness (QED) is 0.510. The first kappa shape index (κ1) is 23.2. The predicted octanol–water partition coefficient (Wildman–Crippen LogP) is 4.73. The zero-order chi connectivity index (χ0) is 20.4. The summed E-state index contributed by atoms with van der Waals surface area (Å²) in [6.07, 6.45) is 8.25. The van der Waals surface area contributed by atoms with Crippen LogP contribution in [0.25, 0.3) is 0 Å². The first-order chi connectivity index (χ1) is 12.8. The van der Waals surface area contributed by atoms with Crippen LogP contribution in [0.15, 0.2) is 53.1 Å². The molecule has 0 bridgehead atoms. The third-order valence-electron chi connectivity index (χ3n) is 4.45. The molecule has 1 aliphatic rings. The second-order valence-corrected chi connectivity index (χ2v) is 6.90. The molecular formula is C21H34F2N4. The summed E-state index contributed by atoms with van der Waals surface area (Å²) in [7, 11) is 0. The van der Waals surface area contributed by atoms with Crippen LogP contribution in [0, 0.1) is 0 Å².